The van der Waals surface area contributed by atoms with Crippen LogP contribution in [0.25, 0.3) is 0 Å². The van der Waals surface area contributed by atoms with Gasteiger partial charge in [-0.25, -0.2) is 0 Å². The number of hydrogen-bond acceptors (Lipinski definition) is 3. The second-order valence-corrected chi connectivity index (χ2v) is 6.30. The number of aliphatic carboxylic acids is 1. The predicted molar refractivity (Wildman–Crippen MR) is 89.5 cm³/mol. The second kappa shape index (κ2) is 7.01. The number of carboxylic acid groups (broad SMARTS) is 1. The molecule has 0 atom stereocenters. The van der Waals surface area contributed by atoms with E-state index in [0.29, 0.717) is 20.5 Å². The van der Waals surface area contributed by atoms with E-state index in [1.165, 1.54) is 19.3 Å². The molecule has 2 aromatic heterocycles. The molecule has 0 unspecified atom stereocenters. The van der Waals surface area contributed by atoms with Crippen LogP contribution in [-0.4, -0.2) is 51.4 Å². The Morgan fingerprint density at radius 3 is 2.52 bits per heavy atom. The van der Waals surface area contributed by atoms with Crippen molar-refractivity contribution in [3.05, 3.63) is 38.8 Å². The van der Waals surface area contributed by atoms with Crippen LogP contribution in [-0.2, 0) is 4.79 Å². The number of carboxylic acids is 1. The Kier molecular flexibility index (Phi) is 5.26. The maximum Gasteiger partial charge on any atom is 0.323 e. The number of H-pyrrole nitrogens is 2. The van der Waals surface area contributed by atoms with Gasteiger partial charge in [0.1, 0.15) is 17.9 Å². The molecule has 8 nitrogen and oxygen atoms in total. The third kappa shape index (κ3) is 4.23. The average molecular weight is 448 g/mol. The van der Waals surface area contributed by atoms with E-state index in [1.54, 1.807) is 6.07 Å². The molecule has 0 aromatic carbocycles. The first-order valence-corrected chi connectivity index (χ1v) is 7.87. The van der Waals surface area contributed by atoms with Gasteiger partial charge in [-0.15, -0.1) is 0 Å². The van der Waals surface area contributed by atoms with E-state index < -0.39 is 18.4 Å². The smallest absolute Gasteiger partial charge is 0.323 e. The molecule has 2 rings (SSSR count). The Morgan fingerprint density at radius 1 is 1.26 bits per heavy atom. The summed E-state index contributed by atoms with van der Waals surface area (Å²) in [4.78, 5) is 41.3. The molecule has 0 saturated carbocycles. The number of carbonyl (C=O) groups excluding carboxylic acids is 2. The van der Waals surface area contributed by atoms with Gasteiger partial charge in [-0.2, -0.15) is 0 Å². The van der Waals surface area contributed by atoms with E-state index in [0.717, 1.165) is 4.90 Å². The van der Waals surface area contributed by atoms with Crippen molar-refractivity contribution >= 4 is 55.3 Å². The first-order valence-electron chi connectivity index (χ1n) is 6.29. The molecule has 0 saturated heterocycles. The zero-order valence-corrected chi connectivity index (χ0v) is 15.0. The molecular weight excluding hydrogens is 436 g/mol. The summed E-state index contributed by atoms with van der Waals surface area (Å²) < 4.78 is 1.35. The van der Waals surface area contributed by atoms with Crippen LogP contribution in [0, 0.1) is 0 Å². The highest BCUT2D eigenvalue weighted by Crippen LogP contribution is 2.23. The van der Waals surface area contributed by atoms with Crippen molar-refractivity contribution in [2.75, 3.05) is 18.9 Å². The number of nitrogens with one attached hydrogen (secondary N) is 3. The van der Waals surface area contributed by atoms with Crippen molar-refractivity contribution in [3.63, 3.8) is 0 Å². The molecule has 0 aliphatic carbocycles. The lowest BCUT2D eigenvalue weighted by atomic mass is 10.3. The number of carbonyl (C=O) groups is 3. The minimum absolute atomic E-state index is 0.179. The summed E-state index contributed by atoms with van der Waals surface area (Å²) in [5.41, 5.74) is 0.905. The third-order valence-corrected chi connectivity index (χ3v) is 4.64. The largest absolute Gasteiger partial charge is 0.480 e. The van der Waals surface area contributed by atoms with Gasteiger partial charge in [-0.05, 0) is 44.0 Å². The van der Waals surface area contributed by atoms with Crippen molar-refractivity contribution in [2.45, 2.75) is 0 Å². The Labute approximate surface area is 147 Å². The highest BCUT2D eigenvalue weighted by atomic mass is 79.9. The molecule has 0 aliphatic rings. The van der Waals surface area contributed by atoms with Gasteiger partial charge in [0.2, 0.25) is 0 Å². The van der Waals surface area contributed by atoms with Crippen molar-refractivity contribution in [1.82, 2.24) is 14.9 Å². The standard InChI is InChI=1S/C13H12Br2N4O4/c1-19(5-10(20)21)13(23)9-2-6(4-16-9)17-12(22)8-3-7(14)11(15)18-8/h2-4,16,18H,5H2,1H3,(H,17,22)(H,20,21). The van der Waals surface area contributed by atoms with Gasteiger partial charge in [-0.3, -0.25) is 14.4 Å². The molecule has 2 aromatic rings. The van der Waals surface area contributed by atoms with Gasteiger partial charge in [0.25, 0.3) is 11.8 Å². The number of aromatic nitrogens is 2. The SMILES string of the molecule is CN(CC(=O)O)C(=O)c1cc(NC(=O)c2cc(Br)c(Br)[nH]2)c[nH]1. The van der Waals surface area contributed by atoms with Gasteiger partial charge in [0, 0.05) is 13.2 Å². The first kappa shape index (κ1) is 17.3. The van der Waals surface area contributed by atoms with Gasteiger partial charge >= 0.3 is 5.97 Å². The van der Waals surface area contributed by atoms with Crippen LogP contribution in [0.5, 0.6) is 0 Å². The number of rotatable bonds is 5. The van der Waals surface area contributed by atoms with Gasteiger partial charge in [-0.1, -0.05) is 0 Å². The number of aromatic amines is 2. The molecule has 10 heteroatoms. The van der Waals surface area contributed by atoms with E-state index in [4.69, 9.17) is 5.11 Å². The van der Waals surface area contributed by atoms with Crippen LogP contribution in [0.15, 0.2) is 27.4 Å². The predicted octanol–water partition coefficient (Wildman–Crippen LogP) is 2.28. The number of likely N-dealkylation sites (N-methyl/N-ethyl adjacent to an activating group) is 1. The summed E-state index contributed by atoms with van der Waals surface area (Å²) >= 11 is 6.51. The zero-order valence-electron chi connectivity index (χ0n) is 11.8. The van der Waals surface area contributed by atoms with E-state index in [2.05, 4.69) is 47.1 Å². The highest BCUT2D eigenvalue weighted by Gasteiger charge is 2.17. The van der Waals surface area contributed by atoms with Gasteiger partial charge in [0.05, 0.1) is 14.8 Å². The Balaban J connectivity index is 2.06. The highest BCUT2D eigenvalue weighted by molar-refractivity contribution is 9.13. The fourth-order valence-corrected chi connectivity index (χ4v) is 2.45. The lowest BCUT2D eigenvalue weighted by Gasteiger charge is -2.12. The van der Waals surface area contributed by atoms with Crippen LogP contribution in [0.3, 0.4) is 0 Å². The average Bonchev–Trinajstić information content (AvgIpc) is 3.05. The fourth-order valence-electron chi connectivity index (χ4n) is 1.80. The molecule has 2 amide bonds. The van der Waals surface area contributed by atoms with E-state index in [-0.39, 0.29) is 11.6 Å². The van der Waals surface area contributed by atoms with E-state index in [1.807, 2.05) is 0 Å². The van der Waals surface area contributed by atoms with Crippen LogP contribution in [0.2, 0.25) is 0 Å². The zero-order chi connectivity index (χ0) is 17.1. The number of anilines is 1. The van der Waals surface area contributed by atoms with E-state index >= 15 is 0 Å². The molecule has 0 fully saturated rings. The molecule has 122 valence electrons. The number of hydrogen-bond donors (Lipinski definition) is 4. The van der Waals surface area contributed by atoms with Crippen LogP contribution in [0.4, 0.5) is 5.69 Å². The Bertz CT molecular complexity index is 748. The molecule has 0 bridgehead atoms. The molecule has 0 radical (unpaired) electrons. The Hall–Kier alpha value is -2.07. The Morgan fingerprint density at radius 2 is 1.96 bits per heavy atom. The normalized spacial score (nSPS) is 10.4. The molecule has 4 N–H and O–H groups in total. The number of halogens is 2. The molecule has 0 spiro atoms. The summed E-state index contributed by atoms with van der Waals surface area (Å²) in [5, 5.41) is 11.3. The second-order valence-electron chi connectivity index (χ2n) is 4.66. The molecule has 2 heterocycles. The monoisotopic (exact) mass is 446 g/mol. The summed E-state index contributed by atoms with van der Waals surface area (Å²) in [5.74, 6) is -1.98. The molecular formula is C13H12Br2N4O4. The maximum absolute atomic E-state index is 12.1. The summed E-state index contributed by atoms with van der Waals surface area (Å²) in [6, 6.07) is 3.05. The minimum Gasteiger partial charge on any atom is -0.480 e. The maximum atomic E-state index is 12.1. The number of nitrogens with zero attached hydrogens (tertiary/aromatic N) is 1. The quantitative estimate of drug-likeness (QED) is 0.562. The topological polar surface area (TPSA) is 118 Å². The summed E-state index contributed by atoms with van der Waals surface area (Å²) in [7, 11) is 1.38. The van der Waals surface area contributed by atoms with Gasteiger partial charge < -0.3 is 25.3 Å². The third-order valence-electron chi connectivity index (χ3n) is 2.86. The minimum atomic E-state index is -1.11. The van der Waals surface area contributed by atoms with Crippen molar-refractivity contribution in [3.8, 4) is 0 Å². The molecule has 23 heavy (non-hydrogen) atoms. The molecule has 0 aliphatic heterocycles. The fraction of sp³-hybridized carbons (Fsp3) is 0.154. The lowest BCUT2D eigenvalue weighted by Crippen LogP contribution is -2.32. The summed E-state index contributed by atoms with van der Waals surface area (Å²) in [6.45, 7) is -0.413. The van der Waals surface area contributed by atoms with Crippen LogP contribution in [0.1, 0.15) is 21.0 Å². The van der Waals surface area contributed by atoms with Crippen LogP contribution >= 0.6 is 31.9 Å². The van der Waals surface area contributed by atoms with Crippen molar-refractivity contribution in [2.24, 2.45) is 0 Å². The van der Waals surface area contributed by atoms with E-state index in [9.17, 15) is 14.4 Å². The lowest BCUT2D eigenvalue weighted by molar-refractivity contribution is -0.137. The number of amides is 2. The van der Waals surface area contributed by atoms with Crippen molar-refractivity contribution in [1.29, 1.82) is 0 Å². The van der Waals surface area contributed by atoms with Crippen LogP contribution < -0.4 is 5.32 Å². The summed E-state index contributed by atoms with van der Waals surface area (Å²) in [6.07, 6.45) is 1.45. The van der Waals surface area contributed by atoms with Gasteiger partial charge in [0.15, 0.2) is 0 Å². The van der Waals surface area contributed by atoms with Crippen molar-refractivity contribution < 1.29 is 19.5 Å². The first-order chi connectivity index (χ1) is 10.8.